The van der Waals surface area contributed by atoms with E-state index in [1.54, 1.807) is 36.4 Å². The van der Waals surface area contributed by atoms with Crippen LogP contribution in [0.3, 0.4) is 0 Å². The number of rotatable bonds is 9. The topological polar surface area (TPSA) is 105 Å². The molecule has 7 nitrogen and oxygen atoms in total. The lowest BCUT2D eigenvalue weighted by Crippen LogP contribution is -2.34. The lowest BCUT2D eigenvalue weighted by Gasteiger charge is -2.26. The average Bonchev–Trinajstić information content (AvgIpc) is 3.67. The molecular formula is C26H29ClN2O5. The highest BCUT2D eigenvalue weighted by Gasteiger charge is 2.27. The molecule has 0 aromatic heterocycles. The van der Waals surface area contributed by atoms with Crippen LogP contribution in [0.2, 0.25) is 5.02 Å². The van der Waals surface area contributed by atoms with Crippen molar-refractivity contribution in [1.82, 2.24) is 10.6 Å². The van der Waals surface area contributed by atoms with E-state index in [2.05, 4.69) is 10.6 Å². The molecule has 0 heterocycles. The van der Waals surface area contributed by atoms with E-state index in [-0.39, 0.29) is 23.8 Å². The fourth-order valence-corrected chi connectivity index (χ4v) is 4.59. The first-order chi connectivity index (χ1) is 16.4. The van der Waals surface area contributed by atoms with Gasteiger partial charge in [0.1, 0.15) is 5.75 Å². The predicted molar refractivity (Wildman–Crippen MR) is 129 cm³/mol. The normalized spacial score (nSPS) is 19.8. The van der Waals surface area contributed by atoms with Gasteiger partial charge in [-0.1, -0.05) is 17.7 Å². The Hall–Kier alpha value is -3.06. The van der Waals surface area contributed by atoms with Crippen LogP contribution >= 0.6 is 11.6 Å². The van der Waals surface area contributed by atoms with Gasteiger partial charge in [0.2, 0.25) is 0 Å². The summed E-state index contributed by atoms with van der Waals surface area (Å²) < 4.78 is 5.94. The summed E-state index contributed by atoms with van der Waals surface area (Å²) in [4.78, 5) is 35.8. The minimum absolute atomic E-state index is 0.00122. The van der Waals surface area contributed by atoms with Crippen LogP contribution in [-0.4, -0.2) is 42.1 Å². The number of benzene rings is 2. The Balaban J connectivity index is 1.17. The van der Waals surface area contributed by atoms with E-state index in [0.29, 0.717) is 66.6 Å². The fourth-order valence-electron chi connectivity index (χ4n) is 4.25. The van der Waals surface area contributed by atoms with Gasteiger partial charge >= 0.3 is 5.97 Å². The number of hydrogen-bond acceptors (Lipinski definition) is 4. The first-order valence-corrected chi connectivity index (χ1v) is 12.1. The molecule has 34 heavy (non-hydrogen) atoms. The molecule has 2 saturated carbocycles. The molecule has 0 radical (unpaired) electrons. The minimum Gasteiger partial charge on any atom is -0.490 e. The zero-order chi connectivity index (χ0) is 24.1. The fraction of sp³-hybridized carbons (Fsp3) is 0.423. The van der Waals surface area contributed by atoms with Crippen molar-refractivity contribution >= 4 is 29.4 Å². The van der Waals surface area contributed by atoms with Gasteiger partial charge in [-0.25, -0.2) is 0 Å². The second kappa shape index (κ2) is 10.9. The summed E-state index contributed by atoms with van der Waals surface area (Å²) >= 11 is 6.29. The van der Waals surface area contributed by atoms with Crippen LogP contribution < -0.4 is 15.4 Å². The van der Waals surface area contributed by atoms with Gasteiger partial charge < -0.3 is 20.5 Å². The van der Waals surface area contributed by atoms with Gasteiger partial charge in [0.15, 0.2) is 0 Å². The molecule has 180 valence electrons. The third kappa shape index (κ3) is 6.29. The first kappa shape index (κ1) is 24.1. The van der Waals surface area contributed by atoms with Crippen LogP contribution in [0.5, 0.6) is 5.75 Å². The smallest absolute Gasteiger partial charge is 0.306 e. The van der Waals surface area contributed by atoms with Crippen LogP contribution in [0.25, 0.3) is 0 Å². The molecule has 2 aromatic rings. The van der Waals surface area contributed by atoms with Crippen LogP contribution in [-0.2, 0) is 4.79 Å². The van der Waals surface area contributed by atoms with Gasteiger partial charge in [-0.15, -0.1) is 0 Å². The van der Waals surface area contributed by atoms with Crippen molar-refractivity contribution in [1.29, 1.82) is 0 Å². The third-order valence-corrected chi connectivity index (χ3v) is 6.75. The number of ether oxygens (including phenoxy) is 1. The van der Waals surface area contributed by atoms with Gasteiger partial charge in [0.05, 0.1) is 12.0 Å². The molecule has 2 aromatic carbocycles. The number of carboxylic acids is 1. The van der Waals surface area contributed by atoms with Crippen molar-refractivity contribution in [2.75, 3.05) is 13.1 Å². The second-order valence-electron chi connectivity index (χ2n) is 8.98. The van der Waals surface area contributed by atoms with Crippen LogP contribution in [0.4, 0.5) is 0 Å². The van der Waals surface area contributed by atoms with Gasteiger partial charge in [-0.3, -0.25) is 14.4 Å². The zero-order valence-corrected chi connectivity index (χ0v) is 19.6. The maximum atomic E-state index is 12.4. The van der Waals surface area contributed by atoms with Crippen LogP contribution in [0, 0.1) is 5.92 Å². The molecule has 8 heteroatoms. The Kier molecular flexibility index (Phi) is 7.73. The highest BCUT2D eigenvalue weighted by molar-refractivity contribution is 6.31. The third-order valence-electron chi connectivity index (χ3n) is 6.42. The molecule has 2 aliphatic carbocycles. The Labute approximate surface area is 203 Å². The number of carboxylic acid groups (broad SMARTS) is 1. The predicted octanol–water partition coefficient (Wildman–Crippen LogP) is 4.40. The van der Waals surface area contributed by atoms with Crippen LogP contribution in [0.15, 0.2) is 42.5 Å². The number of nitrogens with one attached hydrogen (secondary N) is 2. The summed E-state index contributed by atoms with van der Waals surface area (Å²) in [5, 5.41) is 15.3. The largest absolute Gasteiger partial charge is 0.490 e. The monoisotopic (exact) mass is 484 g/mol. The van der Waals surface area contributed by atoms with Gasteiger partial charge in [-0.05, 0) is 86.4 Å². The van der Waals surface area contributed by atoms with Gasteiger partial charge in [0.25, 0.3) is 11.8 Å². The number of carbonyl (C=O) groups is 3. The number of aliphatic carboxylic acids is 1. The Morgan fingerprint density at radius 2 is 1.44 bits per heavy atom. The molecule has 3 N–H and O–H groups in total. The zero-order valence-electron chi connectivity index (χ0n) is 18.9. The van der Waals surface area contributed by atoms with Crippen molar-refractivity contribution < 1.29 is 24.2 Å². The lowest BCUT2D eigenvalue weighted by atomic mass is 9.87. The van der Waals surface area contributed by atoms with E-state index in [1.807, 2.05) is 6.07 Å². The van der Waals surface area contributed by atoms with E-state index >= 15 is 0 Å². The average molecular weight is 485 g/mol. The van der Waals surface area contributed by atoms with Crippen molar-refractivity contribution in [3.63, 3.8) is 0 Å². The summed E-state index contributed by atoms with van der Waals surface area (Å²) in [6.45, 7) is 0.594. The molecular weight excluding hydrogens is 456 g/mol. The maximum Gasteiger partial charge on any atom is 0.306 e. The van der Waals surface area contributed by atoms with E-state index in [4.69, 9.17) is 21.4 Å². The van der Waals surface area contributed by atoms with E-state index < -0.39 is 5.97 Å². The van der Waals surface area contributed by atoms with Crippen molar-refractivity contribution in [3.8, 4) is 5.75 Å². The molecule has 0 atom stereocenters. The SMILES string of the molecule is O=C(NCCNC(=O)c1ccc(C2CC2)c(Cl)c1)c1ccc(OC2CCC(C(=O)O)CC2)cc1. The summed E-state index contributed by atoms with van der Waals surface area (Å²) in [5.41, 5.74) is 2.11. The minimum atomic E-state index is -0.736. The quantitative estimate of drug-likeness (QED) is 0.457. The number of halogens is 1. The summed E-state index contributed by atoms with van der Waals surface area (Å²) in [7, 11) is 0. The second-order valence-corrected chi connectivity index (χ2v) is 9.38. The van der Waals surface area contributed by atoms with Crippen molar-refractivity contribution in [2.24, 2.45) is 5.92 Å². The van der Waals surface area contributed by atoms with E-state index in [0.717, 1.165) is 18.4 Å². The summed E-state index contributed by atoms with van der Waals surface area (Å²) in [6.07, 6.45) is 4.96. The number of carbonyl (C=O) groups excluding carboxylic acids is 2. The van der Waals surface area contributed by atoms with Gasteiger partial charge in [0, 0.05) is 29.2 Å². The molecule has 2 amide bonds. The molecule has 2 aliphatic rings. The highest BCUT2D eigenvalue weighted by Crippen LogP contribution is 2.43. The first-order valence-electron chi connectivity index (χ1n) is 11.8. The highest BCUT2D eigenvalue weighted by atomic mass is 35.5. The van der Waals surface area contributed by atoms with E-state index in [9.17, 15) is 14.4 Å². The number of amides is 2. The molecule has 4 rings (SSSR count). The standard InChI is InChI=1S/C26H29ClN2O5/c27-23-15-19(7-12-22(23)16-1-2-16)25(31)29-14-13-28-24(30)17-3-8-20(9-4-17)34-21-10-5-18(6-11-21)26(32)33/h3-4,7-9,12,15-16,18,21H,1-2,5-6,10-11,13-14H2,(H,28,30)(H,29,31)(H,32,33). The molecule has 0 spiro atoms. The van der Waals surface area contributed by atoms with Crippen molar-refractivity contribution in [2.45, 2.75) is 50.5 Å². The molecule has 0 saturated heterocycles. The Morgan fingerprint density at radius 1 is 0.853 bits per heavy atom. The van der Waals surface area contributed by atoms with Crippen LogP contribution in [0.1, 0.15) is 70.7 Å². The Morgan fingerprint density at radius 3 is 2.00 bits per heavy atom. The number of hydrogen-bond donors (Lipinski definition) is 3. The summed E-state index contributed by atoms with van der Waals surface area (Å²) in [6, 6.07) is 12.3. The molecule has 2 fully saturated rings. The summed E-state index contributed by atoms with van der Waals surface area (Å²) in [5.74, 6) is -0.285. The molecule has 0 bridgehead atoms. The van der Waals surface area contributed by atoms with E-state index in [1.165, 1.54) is 0 Å². The molecule has 0 aliphatic heterocycles. The Bertz CT molecular complexity index is 1040. The molecule has 0 unspecified atom stereocenters. The maximum absolute atomic E-state index is 12.4. The van der Waals surface area contributed by atoms with Crippen molar-refractivity contribution in [3.05, 3.63) is 64.2 Å². The van der Waals surface area contributed by atoms with Gasteiger partial charge in [-0.2, -0.15) is 0 Å². The lowest BCUT2D eigenvalue weighted by molar-refractivity contribution is -0.143.